The van der Waals surface area contributed by atoms with Crippen molar-refractivity contribution in [2.24, 2.45) is 0 Å². The molecule has 0 unspecified atom stereocenters. The summed E-state index contributed by atoms with van der Waals surface area (Å²) in [6.45, 7) is 6.66. The number of hydrogen-bond donors (Lipinski definition) is 2. The van der Waals surface area contributed by atoms with Crippen LogP contribution in [0.4, 0.5) is 0 Å². The summed E-state index contributed by atoms with van der Waals surface area (Å²) < 4.78 is 0. The SMILES string of the molecule is CC.CCNC(=O)CCSCNC. The van der Waals surface area contributed by atoms with Gasteiger partial charge in [-0.1, -0.05) is 13.8 Å². The minimum absolute atomic E-state index is 0.149. The van der Waals surface area contributed by atoms with Crippen molar-refractivity contribution in [3.63, 3.8) is 0 Å². The van der Waals surface area contributed by atoms with Gasteiger partial charge >= 0.3 is 0 Å². The maximum atomic E-state index is 10.9. The Morgan fingerprint density at radius 2 is 2.00 bits per heavy atom. The van der Waals surface area contributed by atoms with Gasteiger partial charge in [0, 0.05) is 24.6 Å². The highest BCUT2D eigenvalue weighted by atomic mass is 32.2. The molecule has 0 heterocycles. The Labute approximate surface area is 86.0 Å². The molecule has 2 N–H and O–H groups in total. The molecule has 0 aromatic carbocycles. The molecule has 0 aromatic heterocycles. The molecule has 0 aliphatic rings. The van der Waals surface area contributed by atoms with Crippen LogP contribution in [0.1, 0.15) is 27.2 Å². The fourth-order valence-electron chi connectivity index (χ4n) is 0.625. The number of amides is 1. The van der Waals surface area contributed by atoms with Gasteiger partial charge < -0.3 is 10.6 Å². The van der Waals surface area contributed by atoms with Gasteiger partial charge in [0.2, 0.25) is 5.91 Å². The second-order valence-electron chi connectivity index (χ2n) is 2.11. The molecule has 0 fully saturated rings. The highest BCUT2D eigenvalue weighted by Gasteiger charge is 1.97. The molecule has 0 spiro atoms. The van der Waals surface area contributed by atoms with E-state index in [0.717, 1.165) is 18.2 Å². The van der Waals surface area contributed by atoms with E-state index in [-0.39, 0.29) is 5.91 Å². The molecule has 0 saturated heterocycles. The number of thioether (sulfide) groups is 1. The second kappa shape index (κ2) is 14.3. The van der Waals surface area contributed by atoms with Crippen molar-refractivity contribution >= 4 is 17.7 Å². The predicted octanol–water partition coefficient (Wildman–Crippen LogP) is 1.45. The summed E-state index contributed by atoms with van der Waals surface area (Å²) in [4.78, 5) is 10.9. The summed E-state index contributed by atoms with van der Waals surface area (Å²) in [5.41, 5.74) is 0. The number of hydrogen-bond acceptors (Lipinski definition) is 3. The lowest BCUT2D eigenvalue weighted by Gasteiger charge is -2.01. The lowest BCUT2D eigenvalue weighted by Crippen LogP contribution is -2.23. The van der Waals surface area contributed by atoms with E-state index in [1.165, 1.54) is 0 Å². The molecule has 0 aliphatic carbocycles. The van der Waals surface area contributed by atoms with Gasteiger partial charge in [-0.3, -0.25) is 4.79 Å². The molecular formula is C9H22N2OS. The van der Waals surface area contributed by atoms with Crippen LogP contribution in [0.25, 0.3) is 0 Å². The zero-order chi connectivity index (χ0) is 10.5. The monoisotopic (exact) mass is 206 g/mol. The lowest BCUT2D eigenvalue weighted by atomic mass is 10.4. The number of nitrogens with one attached hydrogen (secondary N) is 2. The molecule has 0 rings (SSSR count). The van der Waals surface area contributed by atoms with E-state index in [1.54, 1.807) is 11.8 Å². The number of carbonyl (C=O) groups excluding carboxylic acids is 1. The Morgan fingerprint density at radius 3 is 2.46 bits per heavy atom. The van der Waals surface area contributed by atoms with E-state index in [1.807, 2.05) is 27.8 Å². The smallest absolute Gasteiger partial charge is 0.220 e. The van der Waals surface area contributed by atoms with Crippen molar-refractivity contribution in [2.75, 3.05) is 25.2 Å². The fourth-order valence-corrected chi connectivity index (χ4v) is 1.30. The maximum Gasteiger partial charge on any atom is 0.220 e. The summed E-state index contributed by atoms with van der Waals surface area (Å²) in [5, 5.41) is 5.75. The minimum Gasteiger partial charge on any atom is -0.356 e. The molecule has 0 aromatic rings. The Morgan fingerprint density at radius 1 is 1.38 bits per heavy atom. The number of rotatable bonds is 6. The molecule has 13 heavy (non-hydrogen) atoms. The Bertz CT molecular complexity index is 110. The van der Waals surface area contributed by atoms with Crippen LogP contribution in [-0.4, -0.2) is 31.1 Å². The molecule has 0 radical (unpaired) electrons. The third-order valence-electron chi connectivity index (χ3n) is 1.09. The van der Waals surface area contributed by atoms with Crippen LogP contribution in [0.3, 0.4) is 0 Å². The standard InChI is InChI=1S/C7H16N2OS.C2H6/c1-3-9-7(10)4-5-11-6-8-2;1-2/h8H,3-6H2,1-2H3,(H,9,10);1-2H3. The molecule has 0 saturated carbocycles. The van der Waals surface area contributed by atoms with E-state index in [9.17, 15) is 4.79 Å². The first kappa shape index (κ1) is 15.3. The van der Waals surface area contributed by atoms with Gasteiger partial charge in [0.15, 0.2) is 0 Å². The minimum atomic E-state index is 0.149. The molecule has 0 atom stereocenters. The van der Waals surface area contributed by atoms with Crippen molar-refractivity contribution in [1.82, 2.24) is 10.6 Å². The van der Waals surface area contributed by atoms with Gasteiger partial charge in [-0.2, -0.15) is 0 Å². The highest BCUT2D eigenvalue weighted by molar-refractivity contribution is 7.99. The zero-order valence-corrected chi connectivity index (χ0v) is 9.96. The van der Waals surface area contributed by atoms with Crippen molar-refractivity contribution in [2.45, 2.75) is 27.2 Å². The van der Waals surface area contributed by atoms with Crippen molar-refractivity contribution in [3.8, 4) is 0 Å². The Hall–Kier alpha value is -0.220. The van der Waals surface area contributed by atoms with Crippen LogP contribution >= 0.6 is 11.8 Å². The average Bonchev–Trinajstić information content (AvgIpc) is 2.16. The molecule has 3 nitrogen and oxygen atoms in total. The first-order chi connectivity index (χ1) is 6.31. The highest BCUT2D eigenvalue weighted by Crippen LogP contribution is 1.98. The lowest BCUT2D eigenvalue weighted by molar-refractivity contribution is -0.120. The van der Waals surface area contributed by atoms with Crippen molar-refractivity contribution < 1.29 is 4.79 Å². The topological polar surface area (TPSA) is 41.1 Å². The van der Waals surface area contributed by atoms with E-state index in [2.05, 4.69) is 10.6 Å². The van der Waals surface area contributed by atoms with Crippen molar-refractivity contribution in [3.05, 3.63) is 0 Å². The first-order valence-corrected chi connectivity index (χ1v) is 5.95. The summed E-state index contributed by atoms with van der Waals surface area (Å²) in [7, 11) is 1.90. The van der Waals surface area contributed by atoms with E-state index >= 15 is 0 Å². The number of carbonyl (C=O) groups is 1. The van der Waals surface area contributed by atoms with E-state index in [4.69, 9.17) is 0 Å². The Kier molecular flexibility index (Phi) is 16.8. The van der Waals surface area contributed by atoms with Gasteiger partial charge in [0.25, 0.3) is 0 Å². The van der Waals surface area contributed by atoms with Crippen LogP contribution in [0.5, 0.6) is 0 Å². The summed E-state index contributed by atoms with van der Waals surface area (Å²) in [5.74, 6) is 1.96. The van der Waals surface area contributed by atoms with Gasteiger partial charge in [-0.15, -0.1) is 11.8 Å². The van der Waals surface area contributed by atoms with Crippen LogP contribution in [0, 0.1) is 0 Å². The normalized spacial score (nSPS) is 8.62. The summed E-state index contributed by atoms with van der Waals surface area (Å²) in [6.07, 6.45) is 0.625. The van der Waals surface area contributed by atoms with Gasteiger partial charge in [-0.05, 0) is 14.0 Å². The van der Waals surface area contributed by atoms with Crippen LogP contribution in [0.2, 0.25) is 0 Å². The van der Waals surface area contributed by atoms with E-state index < -0.39 is 0 Å². The third-order valence-corrected chi connectivity index (χ3v) is 2.08. The van der Waals surface area contributed by atoms with Gasteiger partial charge in [0.1, 0.15) is 0 Å². The molecule has 0 aliphatic heterocycles. The predicted molar refractivity (Wildman–Crippen MR) is 61.0 cm³/mol. The molecule has 0 bridgehead atoms. The van der Waals surface area contributed by atoms with Crippen molar-refractivity contribution in [1.29, 1.82) is 0 Å². The fraction of sp³-hybridized carbons (Fsp3) is 0.889. The zero-order valence-electron chi connectivity index (χ0n) is 9.14. The average molecular weight is 206 g/mol. The first-order valence-electron chi connectivity index (χ1n) is 4.80. The second-order valence-corrected chi connectivity index (χ2v) is 3.21. The molecule has 80 valence electrons. The maximum absolute atomic E-state index is 10.9. The third kappa shape index (κ3) is 14.6. The summed E-state index contributed by atoms with van der Waals surface area (Å²) in [6, 6.07) is 0. The van der Waals surface area contributed by atoms with Gasteiger partial charge in [-0.25, -0.2) is 0 Å². The molecule has 4 heteroatoms. The quantitative estimate of drug-likeness (QED) is 0.510. The largest absolute Gasteiger partial charge is 0.356 e. The van der Waals surface area contributed by atoms with Crippen LogP contribution in [0.15, 0.2) is 0 Å². The molecular weight excluding hydrogens is 184 g/mol. The molecule has 1 amide bonds. The summed E-state index contributed by atoms with van der Waals surface area (Å²) >= 11 is 1.74. The Balaban J connectivity index is 0. The van der Waals surface area contributed by atoms with E-state index in [0.29, 0.717) is 6.42 Å². The van der Waals surface area contributed by atoms with Crippen LogP contribution in [-0.2, 0) is 4.79 Å². The van der Waals surface area contributed by atoms with Gasteiger partial charge in [0.05, 0.1) is 0 Å². The van der Waals surface area contributed by atoms with Crippen LogP contribution < -0.4 is 10.6 Å².